The Bertz CT molecular complexity index is 313. The molecule has 0 radical (unpaired) electrons. The van der Waals surface area contributed by atoms with Crippen molar-refractivity contribution in [1.29, 1.82) is 0 Å². The van der Waals surface area contributed by atoms with Gasteiger partial charge in [0.1, 0.15) is 0 Å². The summed E-state index contributed by atoms with van der Waals surface area (Å²) in [5.74, 6) is 0.415. The van der Waals surface area contributed by atoms with Gasteiger partial charge >= 0.3 is 0 Å². The van der Waals surface area contributed by atoms with E-state index in [1.54, 1.807) is 0 Å². The monoisotopic (exact) mass is 270 g/mol. The third kappa shape index (κ3) is 4.18. The van der Waals surface area contributed by atoms with Crippen molar-refractivity contribution in [1.82, 2.24) is 9.03 Å². The molecule has 1 fully saturated rings. The normalized spacial score (nSPS) is 19.9. The Labute approximate surface area is 102 Å². The van der Waals surface area contributed by atoms with Gasteiger partial charge in [-0.15, -0.1) is 11.6 Å². The Morgan fingerprint density at radius 2 is 1.94 bits per heavy atom. The summed E-state index contributed by atoms with van der Waals surface area (Å²) in [4.78, 5) is 0. The highest BCUT2D eigenvalue weighted by atomic mass is 35.5. The van der Waals surface area contributed by atoms with Crippen molar-refractivity contribution >= 4 is 21.8 Å². The Kier molecular flexibility index (Phi) is 5.00. The van der Waals surface area contributed by atoms with Gasteiger partial charge in [0.25, 0.3) is 10.2 Å². The molecular formula is C9H19ClN2O3S. The molecule has 0 bridgehead atoms. The molecule has 1 heterocycles. The van der Waals surface area contributed by atoms with E-state index in [4.69, 9.17) is 16.3 Å². The molecule has 0 amide bonds. The molecule has 1 N–H and O–H groups in total. The molecule has 1 aliphatic rings. The highest BCUT2D eigenvalue weighted by Gasteiger charge is 2.26. The number of hydrogen-bond donors (Lipinski definition) is 1. The van der Waals surface area contributed by atoms with Crippen LogP contribution < -0.4 is 4.72 Å². The number of halogens is 1. The average Bonchev–Trinajstić information content (AvgIpc) is 2.28. The molecule has 0 aliphatic carbocycles. The van der Waals surface area contributed by atoms with Crippen LogP contribution in [0, 0.1) is 5.41 Å². The van der Waals surface area contributed by atoms with Crippen LogP contribution in [0.1, 0.15) is 13.8 Å². The molecular weight excluding hydrogens is 252 g/mol. The van der Waals surface area contributed by atoms with Crippen LogP contribution in [0.25, 0.3) is 0 Å². The van der Waals surface area contributed by atoms with Gasteiger partial charge in [-0.2, -0.15) is 12.7 Å². The number of nitrogens with zero attached hydrogens (tertiary/aromatic N) is 1. The molecule has 0 aromatic heterocycles. The third-order valence-electron chi connectivity index (χ3n) is 2.40. The topological polar surface area (TPSA) is 58.6 Å². The van der Waals surface area contributed by atoms with Crippen molar-refractivity contribution in [3.05, 3.63) is 0 Å². The standard InChI is InChI=1S/C9H19ClN2O3S/c1-9(2,7-10)8-11-16(13,14)12-3-5-15-6-4-12/h11H,3-8H2,1-2H3. The van der Waals surface area contributed by atoms with Crippen molar-refractivity contribution < 1.29 is 13.2 Å². The fourth-order valence-corrected chi connectivity index (χ4v) is 2.69. The zero-order chi connectivity index (χ0) is 12.2. The van der Waals surface area contributed by atoms with E-state index in [1.165, 1.54) is 4.31 Å². The lowest BCUT2D eigenvalue weighted by atomic mass is 9.97. The third-order valence-corrected chi connectivity index (χ3v) is 4.68. The zero-order valence-electron chi connectivity index (χ0n) is 9.70. The van der Waals surface area contributed by atoms with Gasteiger partial charge in [-0.05, 0) is 5.41 Å². The van der Waals surface area contributed by atoms with Gasteiger partial charge in [0.2, 0.25) is 0 Å². The fraction of sp³-hybridized carbons (Fsp3) is 1.00. The van der Waals surface area contributed by atoms with Crippen LogP contribution in [0.2, 0.25) is 0 Å². The maximum Gasteiger partial charge on any atom is 0.279 e. The number of rotatable bonds is 5. The molecule has 7 heteroatoms. The molecule has 0 aromatic carbocycles. The van der Waals surface area contributed by atoms with Crippen molar-refractivity contribution in [2.24, 2.45) is 5.41 Å². The number of hydrogen-bond acceptors (Lipinski definition) is 3. The van der Waals surface area contributed by atoms with E-state index in [-0.39, 0.29) is 5.41 Å². The first-order valence-electron chi connectivity index (χ1n) is 5.26. The van der Waals surface area contributed by atoms with Gasteiger partial charge < -0.3 is 4.74 Å². The minimum absolute atomic E-state index is 0.235. The number of ether oxygens (including phenoxy) is 1. The summed E-state index contributed by atoms with van der Waals surface area (Å²) in [5, 5.41) is 0. The maximum atomic E-state index is 11.9. The second-order valence-corrected chi connectivity index (χ2v) is 6.66. The summed E-state index contributed by atoms with van der Waals surface area (Å²) < 4.78 is 32.8. The van der Waals surface area contributed by atoms with E-state index >= 15 is 0 Å². The van der Waals surface area contributed by atoms with Gasteiger partial charge in [-0.3, -0.25) is 0 Å². The summed E-state index contributed by atoms with van der Waals surface area (Å²) in [6, 6.07) is 0. The van der Waals surface area contributed by atoms with Crippen molar-refractivity contribution in [2.75, 3.05) is 38.7 Å². The van der Waals surface area contributed by atoms with Gasteiger partial charge in [0.05, 0.1) is 13.2 Å². The Balaban J connectivity index is 2.51. The zero-order valence-corrected chi connectivity index (χ0v) is 11.3. The number of nitrogens with one attached hydrogen (secondary N) is 1. The van der Waals surface area contributed by atoms with Crippen molar-refractivity contribution in [2.45, 2.75) is 13.8 Å². The van der Waals surface area contributed by atoms with Crippen LogP contribution in [0.15, 0.2) is 0 Å². The van der Waals surface area contributed by atoms with Gasteiger partial charge in [-0.25, -0.2) is 4.72 Å². The van der Waals surface area contributed by atoms with E-state index < -0.39 is 10.2 Å². The highest BCUT2D eigenvalue weighted by molar-refractivity contribution is 7.87. The summed E-state index contributed by atoms with van der Waals surface area (Å²) in [6.45, 7) is 5.92. The second kappa shape index (κ2) is 5.64. The molecule has 1 rings (SSSR count). The quantitative estimate of drug-likeness (QED) is 0.737. The minimum atomic E-state index is -3.38. The lowest BCUT2D eigenvalue weighted by molar-refractivity contribution is 0.0723. The molecule has 1 saturated heterocycles. The second-order valence-electron chi connectivity index (χ2n) is 4.64. The summed E-state index contributed by atoms with van der Waals surface area (Å²) in [5.41, 5.74) is -0.235. The van der Waals surface area contributed by atoms with Crippen LogP contribution in [0.3, 0.4) is 0 Å². The molecule has 96 valence electrons. The Morgan fingerprint density at radius 1 is 1.38 bits per heavy atom. The summed E-state index contributed by atoms with van der Waals surface area (Å²) in [6.07, 6.45) is 0. The molecule has 0 atom stereocenters. The van der Waals surface area contributed by atoms with Gasteiger partial charge in [-0.1, -0.05) is 13.8 Å². The van der Waals surface area contributed by atoms with E-state index in [9.17, 15) is 8.42 Å². The Hall–Kier alpha value is 0.120. The van der Waals surface area contributed by atoms with E-state index in [0.29, 0.717) is 38.7 Å². The van der Waals surface area contributed by atoms with Crippen molar-refractivity contribution in [3.63, 3.8) is 0 Å². The van der Waals surface area contributed by atoms with E-state index in [1.807, 2.05) is 13.8 Å². The smallest absolute Gasteiger partial charge is 0.279 e. The van der Waals surface area contributed by atoms with Crippen molar-refractivity contribution in [3.8, 4) is 0 Å². The van der Waals surface area contributed by atoms with Gasteiger partial charge in [0.15, 0.2) is 0 Å². The van der Waals surface area contributed by atoms with Crippen LogP contribution >= 0.6 is 11.6 Å². The van der Waals surface area contributed by atoms with Gasteiger partial charge in [0, 0.05) is 25.5 Å². The minimum Gasteiger partial charge on any atom is -0.379 e. The first kappa shape index (κ1) is 14.2. The average molecular weight is 271 g/mol. The lowest BCUT2D eigenvalue weighted by Crippen LogP contribution is -2.48. The number of alkyl halides is 1. The molecule has 0 saturated carbocycles. The van der Waals surface area contributed by atoms with E-state index in [0.717, 1.165) is 0 Å². The predicted molar refractivity (Wildman–Crippen MR) is 63.8 cm³/mol. The van der Waals surface area contributed by atoms with Crippen LogP contribution in [-0.2, 0) is 14.9 Å². The Morgan fingerprint density at radius 3 is 2.44 bits per heavy atom. The summed E-state index contributed by atoms with van der Waals surface area (Å²) >= 11 is 5.74. The largest absolute Gasteiger partial charge is 0.379 e. The molecule has 0 unspecified atom stereocenters. The maximum absolute atomic E-state index is 11.9. The predicted octanol–water partition coefficient (Wildman–Crippen LogP) is 0.418. The molecule has 5 nitrogen and oxygen atoms in total. The summed E-state index contributed by atoms with van der Waals surface area (Å²) in [7, 11) is -3.38. The molecule has 16 heavy (non-hydrogen) atoms. The molecule has 0 spiro atoms. The first-order valence-corrected chi connectivity index (χ1v) is 7.23. The SMILES string of the molecule is CC(C)(CCl)CNS(=O)(=O)N1CCOCC1. The fourth-order valence-electron chi connectivity index (χ4n) is 1.21. The number of morpholine rings is 1. The highest BCUT2D eigenvalue weighted by Crippen LogP contribution is 2.16. The molecule has 0 aromatic rings. The lowest BCUT2D eigenvalue weighted by Gasteiger charge is -2.28. The van der Waals surface area contributed by atoms with Crippen LogP contribution in [0.5, 0.6) is 0 Å². The molecule has 1 aliphatic heterocycles. The van der Waals surface area contributed by atoms with E-state index in [2.05, 4.69) is 4.72 Å². The van der Waals surface area contributed by atoms with Crippen LogP contribution in [0.4, 0.5) is 0 Å². The van der Waals surface area contributed by atoms with Crippen LogP contribution in [-0.4, -0.2) is 51.5 Å². The first-order chi connectivity index (χ1) is 7.37.